The minimum Gasteiger partial charge on any atom is -0.343 e. The number of fused-ring (bicyclic) bond motifs is 3. The van der Waals surface area contributed by atoms with Crippen LogP contribution < -0.4 is 10.2 Å². The van der Waals surface area contributed by atoms with Gasteiger partial charge in [0.25, 0.3) is 5.91 Å². The van der Waals surface area contributed by atoms with Crippen molar-refractivity contribution in [3.63, 3.8) is 0 Å². The molecule has 3 aliphatic heterocycles. The summed E-state index contributed by atoms with van der Waals surface area (Å²) < 4.78 is 14.2. The van der Waals surface area contributed by atoms with Gasteiger partial charge in [-0.1, -0.05) is 35.9 Å². The summed E-state index contributed by atoms with van der Waals surface area (Å²) in [5.74, 6) is -0.698. The van der Waals surface area contributed by atoms with Crippen molar-refractivity contribution in [1.29, 1.82) is 0 Å². The summed E-state index contributed by atoms with van der Waals surface area (Å²) in [5.41, 5.74) is 2.60. The van der Waals surface area contributed by atoms with E-state index in [1.165, 1.54) is 16.5 Å². The maximum Gasteiger partial charge on any atom is 0.328 e. The Morgan fingerprint density at radius 1 is 1.06 bits per heavy atom. The number of nitrogens with one attached hydrogen (secondary N) is 1. The largest absolute Gasteiger partial charge is 0.343 e. The molecule has 3 unspecified atom stereocenters. The van der Waals surface area contributed by atoms with Crippen LogP contribution in [0.25, 0.3) is 0 Å². The van der Waals surface area contributed by atoms with Crippen LogP contribution in [0.5, 0.6) is 0 Å². The summed E-state index contributed by atoms with van der Waals surface area (Å²) in [5, 5.41) is 3.50. The topological polar surface area (TPSA) is 59.1 Å². The van der Waals surface area contributed by atoms with E-state index in [1.807, 2.05) is 0 Å². The predicted octanol–water partition coefficient (Wildman–Crippen LogP) is 2.32. The predicted molar refractivity (Wildman–Crippen MR) is 114 cm³/mol. The molecule has 7 nitrogen and oxygen atoms in total. The molecule has 3 amide bonds. The highest BCUT2D eigenvalue weighted by atomic mass is 19.1. The van der Waals surface area contributed by atoms with E-state index >= 15 is 0 Å². The van der Waals surface area contributed by atoms with Crippen molar-refractivity contribution in [3.05, 3.63) is 65.5 Å². The first-order valence-corrected chi connectivity index (χ1v) is 10.6. The number of halogens is 1. The number of nitrogens with zero attached hydrogens (tertiary/aromatic N) is 4. The van der Waals surface area contributed by atoms with Crippen molar-refractivity contribution in [2.75, 3.05) is 25.0 Å². The fraction of sp³-hybridized carbons (Fsp3) is 0.391. The molecule has 0 aliphatic carbocycles. The van der Waals surface area contributed by atoms with Crippen LogP contribution in [0.4, 0.5) is 14.9 Å². The molecular weight excluding hydrogens is 397 g/mol. The van der Waals surface area contributed by atoms with E-state index in [0.717, 1.165) is 25.2 Å². The van der Waals surface area contributed by atoms with Gasteiger partial charge in [-0.15, -0.1) is 0 Å². The van der Waals surface area contributed by atoms with Gasteiger partial charge in [-0.2, -0.15) is 0 Å². The second-order valence-electron chi connectivity index (χ2n) is 8.46. The normalized spacial score (nSPS) is 26.3. The molecule has 3 atom stereocenters. The zero-order chi connectivity index (χ0) is 21.7. The Morgan fingerprint density at radius 3 is 2.55 bits per heavy atom. The van der Waals surface area contributed by atoms with Crippen LogP contribution in [0.2, 0.25) is 0 Å². The second kappa shape index (κ2) is 7.62. The number of anilines is 1. The Labute approximate surface area is 181 Å². The first-order chi connectivity index (χ1) is 15.0. The van der Waals surface area contributed by atoms with Gasteiger partial charge in [0.05, 0.1) is 6.54 Å². The van der Waals surface area contributed by atoms with Crippen LogP contribution in [0.3, 0.4) is 0 Å². The number of carbonyl (C=O) groups excluding carboxylic acids is 2. The Balaban J connectivity index is 1.44. The van der Waals surface area contributed by atoms with E-state index < -0.39 is 24.1 Å². The van der Waals surface area contributed by atoms with Gasteiger partial charge in [0, 0.05) is 31.4 Å². The summed E-state index contributed by atoms with van der Waals surface area (Å²) in [6.45, 7) is 3.60. The van der Waals surface area contributed by atoms with Crippen molar-refractivity contribution >= 4 is 17.6 Å². The van der Waals surface area contributed by atoms with Crippen LogP contribution in [0, 0.1) is 12.7 Å². The van der Waals surface area contributed by atoms with E-state index in [2.05, 4.69) is 46.3 Å². The van der Waals surface area contributed by atoms with Crippen LogP contribution >= 0.6 is 0 Å². The van der Waals surface area contributed by atoms with Gasteiger partial charge in [0.1, 0.15) is 24.3 Å². The number of amides is 3. The van der Waals surface area contributed by atoms with Gasteiger partial charge in [-0.3, -0.25) is 19.9 Å². The minimum atomic E-state index is -0.507. The molecule has 0 bridgehead atoms. The minimum absolute atomic E-state index is 0.0713. The highest BCUT2D eigenvalue weighted by Gasteiger charge is 2.56. The Morgan fingerprint density at radius 2 is 1.81 bits per heavy atom. The Kier molecular flexibility index (Phi) is 4.91. The van der Waals surface area contributed by atoms with Gasteiger partial charge in [0.2, 0.25) is 0 Å². The number of likely N-dealkylation sites (N-methyl/N-ethyl adjacent to an activating group) is 1. The zero-order valence-electron chi connectivity index (χ0n) is 17.7. The van der Waals surface area contributed by atoms with Gasteiger partial charge >= 0.3 is 6.03 Å². The molecule has 0 saturated carbocycles. The maximum atomic E-state index is 14.2. The lowest BCUT2D eigenvalue weighted by Gasteiger charge is -2.44. The van der Waals surface area contributed by atoms with E-state index in [-0.39, 0.29) is 18.7 Å². The fourth-order valence-electron chi connectivity index (χ4n) is 4.86. The van der Waals surface area contributed by atoms with Crippen LogP contribution in [0.15, 0.2) is 48.5 Å². The molecule has 3 heterocycles. The molecular formula is C23H26FN5O2. The molecule has 2 aromatic rings. The number of urea groups is 1. The third kappa shape index (κ3) is 3.26. The molecule has 3 saturated heterocycles. The first kappa shape index (κ1) is 20.0. The third-order valence-electron chi connectivity index (χ3n) is 6.52. The Hall–Kier alpha value is -2.97. The van der Waals surface area contributed by atoms with Crippen molar-refractivity contribution in [1.82, 2.24) is 20.0 Å². The number of rotatable bonds is 3. The number of aryl methyl sites for hydroxylation is 1. The molecule has 2 aromatic carbocycles. The molecule has 3 aliphatic rings. The van der Waals surface area contributed by atoms with Crippen molar-refractivity contribution in [2.45, 2.75) is 38.4 Å². The number of imide groups is 1. The van der Waals surface area contributed by atoms with Crippen molar-refractivity contribution in [2.24, 2.45) is 0 Å². The first-order valence-electron chi connectivity index (χ1n) is 10.6. The van der Waals surface area contributed by atoms with Crippen molar-refractivity contribution in [3.8, 4) is 0 Å². The lowest BCUT2D eigenvalue weighted by Crippen LogP contribution is -2.66. The van der Waals surface area contributed by atoms with Crippen LogP contribution in [-0.2, 0) is 11.3 Å². The van der Waals surface area contributed by atoms with E-state index in [9.17, 15) is 14.0 Å². The van der Waals surface area contributed by atoms with Crippen molar-refractivity contribution < 1.29 is 14.0 Å². The van der Waals surface area contributed by atoms with Gasteiger partial charge in [-0.25, -0.2) is 9.18 Å². The van der Waals surface area contributed by atoms with E-state index in [4.69, 9.17) is 0 Å². The summed E-state index contributed by atoms with van der Waals surface area (Å²) in [6, 6.07) is 13.7. The molecule has 0 radical (unpaired) electrons. The molecule has 0 aromatic heterocycles. The molecule has 0 spiro atoms. The summed E-state index contributed by atoms with van der Waals surface area (Å²) in [7, 11) is 1.70. The standard InChI is InChI=1S/C23H26FN5O2/c1-15-8-10-17(11-9-15)27-12-5-13-28-19-20(25-22(27)28)26(2)23(31)29(21(19)30)14-16-6-3-4-7-18(16)24/h3-4,6-11,19-20,22,25H,5,12-14H2,1-2H3. The van der Waals surface area contributed by atoms with E-state index in [0.29, 0.717) is 5.56 Å². The Bertz CT molecular complexity index is 1010. The van der Waals surface area contributed by atoms with Crippen LogP contribution in [0.1, 0.15) is 17.5 Å². The molecule has 162 valence electrons. The summed E-state index contributed by atoms with van der Waals surface area (Å²) >= 11 is 0. The summed E-state index contributed by atoms with van der Waals surface area (Å²) in [6.07, 6.45) is 0.306. The number of hydrogen-bond donors (Lipinski definition) is 1. The number of benzene rings is 2. The average molecular weight is 423 g/mol. The van der Waals surface area contributed by atoms with Gasteiger partial charge in [0.15, 0.2) is 0 Å². The SMILES string of the molecule is Cc1ccc(N2CCCN3C4C(=O)N(Cc5ccccc5F)C(=O)N(C)C4NC23)cc1. The zero-order valence-corrected chi connectivity index (χ0v) is 17.7. The smallest absolute Gasteiger partial charge is 0.328 e. The average Bonchev–Trinajstić information content (AvgIpc) is 3.17. The van der Waals surface area contributed by atoms with Crippen LogP contribution in [-0.4, -0.2) is 65.3 Å². The highest BCUT2D eigenvalue weighted by Crippen LogP contribution is 2.33. The lowest BCUT2D eigenvalue weighted by molar-refractivity contribution is -0.139. The maximum absolute atomic E-state index is 14.2. The van der Waals surface area contributed by atoms with Gasteiger partial charge in [-0.05, 0) is 31.5 Å². The number of carbonyl (C=O) groups is 2. The third-order valence-corrected chi connectivity index (χ3v) is 6.52. The summed E-state index contributed by atoms with van der Waals surface area (Å²) in [4.78, 5) is 33.6. The number of hydrogen-bond acceptors (Lipinski definition) is 5. The highest BCUT2D eigenvalue weighted by molar-refractivity contribution is 6.00. The molecule has 31 heavy (non-hydrogen) atoms. The lowest BCUT2D eigenvalue weighted by atomic mass is 10.1. The quantitative estimate of drug-likeness (QED) is 0.821. The van der Waals surface area contributed by atoms with Gasteiger partial charge < -0.3 is 9.80 Å². The molecule has 8 heteroatoms. The molecule has 5 rings (SSSR count). The molecule has 3 fully saturated rings. The monoisotopic (exact) mass is 423 g/mol. The second-order valence-corrected chi connectivity index (χ2v) is 8.46. The molecule has 1 N–H and O–H groups in total. The fourth-order valence-corrected chi connectivity index (χ4v) is 4.86. The van der Waals surface area contributed by atoms with E-state index in [1.54, 1.807) is 30.1 Å².